The minimum Gasteiger partial charge on any atom is -0.379 e. The number of nitrogens with two attached hydrogens (primary N) is 1. The number of thioether (sulfide) groups is 1. The van der Waals surface area contributed by atoms with Gasteiger partial charge in [0.05, 0.1) is 6.61 Å². The minimum absolute atomic E-state index is 0.0426. The van der Waals surface area contributed by atoms with Crippen molar-refractivity contribution in [1.82, 2.24) is 4.90 Å². The van der Waals surface area contributed by atoms with Gasteiger partial charge in [-0.25, -0.2) is 0 Å². The topological polar surface area (TPSA) is 55.6 Å². The van der Waals surface area contributed by atoms with Crippen LogP contribution in [0, 0.1) is 0 Å². The number of ether oxygens (including phenoxy) is 1. The minimum atomic E-state index is -0.839. The number of carbonyl (C=O) groups excluding carboxylic acids is 1. The molecule has 1 aliphatic heterocycles. The largest absolute Gasteiger partial charge is 0.379 e. The second kappa shape index (κ2) is 5.94. The molecular formula is C14H20N2O2S. The molecule has 1 saturated heterocycles. The van der Waals surface area contributed by atoms with Gasteiger partial charge in [-0.2, -0.15) is 0 Å². The summed E-state index contributed by atoms with van der Waals surface area (Å²) in [6.45, 7) is 1.46. The Morgan fingerprint density at radius 3 is 2.68 bits per heavy atom. The number of hydrogen-bond acceptors (Lipinski definition) is 4. The van der Waals surface area contributed by atoms with Crippen LogP contribution in [-0.2, 0) is 16.1 Å². The maximum Gasteiger partial charge on any atom is 0.245 e. The van der Waals surface area contributed by atoms with Crippen LogP contribution in [0.3, 0.4) is 0 Å². The fourth-order valence-electron chi connectivity index (χ4n) is 2.21. The van der Waals surface area contributed by atoms with Gasteiger partial charge in [-0.05, 0) is 30.4 Å². The second-order valence-corrected chi connectivity index (χ2v) is 5.85. The van der Waals surface area contributed by atoms with Crippen LogP contribution in [0.15, 0.2) is 29.2 Å². The fourth-order valence-corrected chi connectivity index (χ4v) is 2.61. The van der Waals surface area contributed by atoms with E-state index in [1.165, 1.54) is 4.90 Å². The van der Waals surface area contributed by atoms with Crippen molar-refractivity contribution in [2.24, 2.45) is 5.73 Å². The van der Waals surface area contributed by atoms with Gasteiger partial charge in [0, 0.05) is 25.1 Å². The van der Waals surface area contributed by atoms with E-state index in [1.807, 2.05) is 18.4 Å². The van der Waals surface area contributed by atoms with Gasteiger partial charge in [0.25, 0.3) is 0 Å². The molecule has 5 heteroatoms. The lowest BCUT2D eigenvalue weighted by molar-refractivity contribution is -0.136. The van der Waals surface area contributed by atoms with Crippen molar-refractivity contribution in [2.75, 3.05) is 26.5 Å². The number of rotatable bonds is 4. The van der Waals surface area contributed by atoms with E-state index in [2.05, 4.69) is 12.1 Å². The third kappa shape index (κ3) is 3.29. The summed E-state index contributed by atoms with van der Waals surface area (Å²) in [5, 5.41) is 0. The molecule has 0 aliphatic carbocycles. The number of amides is 1. The molecule has 2 N–H and O–H groups in total. The first-order valence-electron chi connectivity index (χ1n) is 6.30. The summed E-state index contributed by atoms with van der Waals surface area (Å²) in [7, 11) is 1.79. The van der Waals surface area contributed by atoms with Crippen LogP contribution >= 0.6 is 11.8 Å². The molecule has 1 aliphatic rings. The summed E-state index contributed by atoms with van der Waals surface area (Å²) in [5.41, 5.74) is 6.35. The van der Waals surface area contributed by atoms with Gasteiger partial charge < -0.3 is 15.4 Å². The predicted octanol–water partition coefficient (Wildman–Crippen LogP) is 1.48. The maximum atomic E-state index is 12.3. The van der Waals surface area contributed by atoms with Crippen LogP contribution < -0.4 is 5.73 Å². The van der Waals surface area contributed by atoms with Crippen LogP contribution in [0.2, 0.25) is 0 Å². The number of benzene rings is 1. The molecule has 19 heavy (non-hydrogen) atoms. The van der Waals surface area contributed by atoms with E-state index in [-0.39, 0.29) is 5.91 Å². The molecule has 2 rings (SSSR count). The molecule has 0 bridgehead atoms. The van der Waals surface area contributed by atoms with Crippen LogP contribution in [0.1, 0.15) is 12.0 Å². The van der Waals surface area contributed by atoms with Crippen molar-refractivity contribution in [1.29, 1.82) is 0 Å². The third-order valence-corrected chi connectivity index (χ3v) is 4.15. The Labute approximate surface area is 118 Å². The summed E-state index contributed by atoms with van der Waals surface area (Å²) < 4.78 is 5.24. The van der Waals surface area contributed by atoms with Gasteiger partial charge in [0.1, 0.15) is 5.54 Å². The summed E-state index contributed by atoms with van der Waals surface area (Å²) in [5.74, 6) is -0.0426. The van der Waals surface area contributed by atoms with E-state index in [1.54, 1.807) is 23.7 Å². The third-order valence-electron chi connectivity index (χ3n) is 3.40. The lowest BCUT2D eigenvalue weighted by atomic mass is 9.98. The highest BCUT2D eigenvalue weighted by molar-refractivity contribution is 7.98. The maximum absolute atomic E-state index is 12.3. The highest BCUT2D eigenvalue weighted by Gasteiger charge is 2.40. The summed E-state index contributed by atoms with van der Waals surface area (Å²) in [6, 6.07) is 8.22. The van der Waals surface area contributed by atoms with Crippen LogP contribution in [0.4, 0.5) is 0 Å². The quantitative estimate of drug-likeness (QED) is 0.849. The highest BCUT2D eigenvalue weighted by atomic mass is 32.2. The molecule has 0 spiro atoms. The van der Waals surface area contributed by atoms with E-state index in [0.29, 0.717) is 26.2 Å². The zero-order chi connectivity index (χ0) is 13.9. The van der Waals surface area contributed by atoms with Crippen molar-refractivity contribution in [3.05, 3.63) is 29.8 Å². The standard InChI is InChI=1S/C14H20N2O2S/c1-16(13(17)14(15)7-8-18-10-14)9-11-3-5-12(19-2)6-4-11/h3-6H,7-10,15H2,1-2H3. The van der Waals surface area contributed by atoms with Crippen LogP contribution in [-0.4, -0.2) is 42.9 Å². The van der Waals surface area contributed by atoms with Crippen molar-refractivity contribution >= 4 is 17.7 Å². The van der Waals surface area contributed by atoms with Crippen LogP contribution in [0.25, 0.3) is 0 Å². The molecule has 1 atom stereocenters. The highest BCUT2D eigenvalue weighted by Crippen LogP contribution is 2.20. The van der Waals surface area contributed by atoms with Gasteiger partial charge >= 0.3 is 0 Å². The van der Waals surface area contributed by atoms with Gasteiger partial charge in [-0.3, -0.25) is 4.79 Å². The zero-order valence-electron chi connectivity index (χ0n) is 11.4. The number of carbonyl (C=O) groups is 1. The van der Waals surface area contributed by atoms with Crippen molar-refractivity contribution in [3.63, 3.8) is 0 Å². The van der Waals surface area contributed by atoms with E-state index >= 15 is 0 Å². The zero-order valence-corrected chi connectivity index (χ0v) is 12.2. The smallest absolute Gasteiger partial charge is 0.245 e. The Balaban J connectivity index is 1.99. The van der Waals surface area contributed by atoms with E-state index in [9.17, 15) is 4.79 Å². The molecule has 1 aromatic carbocycles. The van der Waals surface area contributed by atoms with Gasteiger partial charge in [-0.15, -0.1) is 11.8 Å². The van der Waals surface area contributed by atoms with E-state index in [4.69, 9.17) is 10.5 Å². The molecule has 1 heterocycles. The molecular weight excluding hydrogens is 260 g/mol. The van der Waals surface area contributed by atoms with Gasteiger partial charge in [-0.1, -0.05) is 12.1 Å². The Bertz CT molecular complexity index is 441. The Hall–Kier alpha value is -1.04. The van der Waals surface area contributed by atoms with E-state index < -0.39 is 5.54 Å². The van der Waals surface area contributed by atoms with Crippen LogP contribution in [0.5, 0.6) is 0 Å². The Kier molecular flexibility index (Phi) is 4.50. The first-order chi connectivity index (χ1) is 9.05. The SMILES string of the molecule is CSc1ccc(CN(C)C(=O)C2(N)CCOC2)cc1. The molecule has 1 unspecified atom stereocenters. The summed E-state index contributed by atoms with van der Waals surface area (Å²) >= 11 is 1.71. The van der Waals surface area contributed by atoms with Crippen molar-refractivity contribution in [2.45, 2.75) is 23.4 Å². The normalized spacial score (nSPS) is 22.5. The Morgan fingerprint density at radius 1 is 1.47 bits per heavy atom. The molecule has 104 valence electrons. The molecule has 4 nitrogen and oxygen atoms in total. The summed E-state index contributed by atoms with van der Waals surface area (Å²) in [4.78, 5) is 15.2. The molecule has 1 fully saturated rings. The lowest BCUT2D eigenvalue weighted by Gasteiger charge is -2.27. The predicted molar refractivity (Wildman–Crippen MR) is 77.1 cm³/mol. The number of likely N-dealkylation sites (N-methyl/N-ethyl adjacent to an activating group) is 1. The van der Waals surface area contributed by atoms with Crippen molar-refractivity contribution in [3.8, 4) is 0 Å². The number of hydrogen-bond donors (Lipinski definition) is 1. The lowest BCUT2D eigenvalue weighted by Crippen LogP contribution is -2.54. The molecule has 0 aromatic heterocycles. The first kappa shape index (κ1) is 14.4. The number of nitrogens with zero attached hydrogens (tertiary/aromatic N) is 1. The first-order valence-corrected chi connectivity index (χ1v) is 7.53. The fraction of sp³-hybridized carbons (Fsp3) is 0.500. The van der Waals surface area contributed by atoms with Gasteiger partial charge in [0.15, 0.2) is 0 Å². The average molecular weight is 280 g/mol. The van der Waals surface area contributed by atoms with Crippen molar-refractivity contribution < 1.29 is 9.53 Å². The molecule has 0 saturated carbocycles. The monoisotopic (exact) mass is 280 g/mol. The molecule has 1 aromatic rings. The van der Waals surface area contributed by atoms with Gasteiger partial charge in [0.2, 0.25) is 5.91 Å². The molecule has 0 radical (unpaired) electrons. The second-order valence-electron chi connectivity index (χ2n) is 4.97. The Morgan fingerprint density at radius 2 is 2.16 bits per heavy atom. The van der Waals surface area contributed by atoms with E-state index in [0.717, 1.165) is 5.56 Å². The average Bonchev–Trinajstić information content (AvgIpc) is 2.87. The molecule has 1 amide bonds. The summed E-state index contributed by atoms with van der Waals surface area (Å²) in [6.07, 6.45) is 2.64.